The summed E-state index contributed by atoms with van der Waals surface area (Å²) in [5.74, 6) is 1.01. The molecule has 0 unspecified atom stereocenters. The van der Waals surface area contributed by atoms with Crippen LogP contribution in [-0.2, 0) is 0 Å². The van der Waals surface area contributed by atoms with Crippen LogP contribution in [0, 0.1) is 5.92 Å². The highest BCUT2D eigenvalue weighted by Gasteiger charge is 2.11. The van der Waals surface area contributed by atoms with Gasteiger partial charge in [0.25, 0.3) is 0 Å². The fourth-order valence-electron chi connectivity index (χ4n) is 2.44. The maximum absolute atomic E-state index is 3.53. The first-order valence-electron chi connectivity index (χ1n) is 6.85. The summed E-state index contributed by atoms with van der Waals surface area (Å²) in [5, 5.41) is 6.86. The molecule has 0 saturated heterocycles. The molecule has 2 nitrogen and oxygen atoms in total. The lowest BCUT2D eigenvalue weighted by Crippen LogP contribution is -2.28. The Balaban J connectivity index is 1.89. The lowest BCUT2D eigenvalue weighted by Gasteiger charge is -2.14. The second kappa shape index (κ2) is 9.17. The average molecular weight is 212 g/mol. The fraction of sp³-hybridized carbons (Fsp3) is 1.00. The van der Waals surface area contributed by atoms with Gasteiger partial charge in [-0.3, -0.25) is 0 Å². The number of likely N-dealkylation sites (N-methyl/N-ethyl adjacent to an activating group) is 1. The average Bonchev–Trinajstić information content (AvgIpc) is 2.52. The Kier molecular flexibility index (Phi) is 7.94. The molecule has 1 aliphatic carbocycles. The summed E-state index contributed by atoms with van der Waals surface area (Å²) in [7, 11) is 0. The molecule has 1 saturated carbocycles. The van der Waals surface area contributed by atoms with Gasteiger partial charge in [0.05, 0.1) is 0 Å². The molecule has 0 aromatic rings. The zero-order valence-corrected chi connectivity index (χ0v) is 10.4. The van der Waals surface area contributed by atoms with Crippen molar-refractivity contribution in [3.05, 3.63) is 0 Å². The van der Waals surface area contributed by atoms with Gasteiger partial charge in [-0.2, -0.15) is 0 Å². The molecule has 1 aliphatic rings. The van der Waals surface area contributed by atoms with E-state index in [4.69, 9.17) is 0 Å². The van der Waals surface area contributed by atoms with Gasteiger partial charge >= 0.3 is 0 Å². The third kappa shape index (κ3) is 6.91. The molecule has 15 heavy (non-hydrogen) atoms. The summed E-state index contributed by atoms with van der Waals surface area (Å²) in [4.78, 5) is 0. The molecule has 1 fully saturated rings. The van der Waals surface area contributed by atoms with Crippen LogP contribution < -0.4 is 10.6 Å². The molecule has 0 atom stereocenters. The molecular formula is C13H28N2. The summed E-state index contributed by atoms with van der Waals surface area (Å²) in [6.45, 7) is 6.70. The predicted octanol–water partition coefficient (Wildman–Crippen LogP) is 2.55. The van der Waals surface area contributed by atoms with Crippen LogP contribution in [0.3, 0.4) is 0 Å². The largest absolute Gasteiger partial charge is 0.316 e. The highest BCUT2D eigenvalue weighted by Crippen LogP contribution is 2.24. The van der Waals surface area contributed by atoms with Crippen LogP contribution in [0.1, 0.15) is 51.9 Å². The lowest BCUT2D eigenvalue weighted by atomic mass is 9.97. The predicted molar refractivity (Wildman–Crippen MR) is 67.2 cm³/mol. The van der Waals surface area contributed by atoms with Gasteiger partial charge in [0.1, 0.15) is 0 Å². The molecule has 2 heteroatoms. The molecular weight excluding hydrogens is 184 g/mol. The summed E-state index contributed by atoms with van der Waals surface area (Å²) < 4.78 is 0. The van der Waals surface area contributed by atoms with Gasteiger partial charge in [-0.1, -0.05) is 45.4 Å². The Labute approximate surface area is 95.2 Å². The van der Waals surface area contributed by atoms with Crippen LogP contribution >= 0.6 is 0 Å². The molecule has 0 amide bonds. The maximum atomic E-state index is 3.53. The van der Waals surface area contributed by atoms with Crippen molar-refractivity contribution in [2.24, 2.45) is 5.92 Å². The third-order valence-corrected chi connectivity index (χ3v) is 3.43. The summed E-state index contributed by atoms with van der Waals surface area (Å²) in [5.41, 5.74) is 0. The minimum atomic E-state index is 1.01. The Morgan fingerprint density at radius 1 is 0.867 bits per heavy atom. The van der Waals surface area contributed by atoms with E-state index in [1.54, 1.807) is 0 Å². The number of nitrogens with one attached hydrogen (secondary N) is 2. The monoisotopic (exact) mass is 212 g/mol. The molecule has 0 aromatic heterocycles. The van der Waals surface area contributed by atoms with Crippen molar-refractivity contribution in [2.45, 2.75) is 51.9 Å². The maximum Gasteiger partial charge on any atom is 0.00767 e. The van der Waals surface area contributed by atoms with Gasteiger partial charge in [-0.15, -0.1) is 0 Å². The first-order chi connectivity index (χ1) is 7.43. The van der Waals surface area contributed by atoms with Gasteiger partial charge in [-0.25, -0.2) is 0 Å². The van der Waals surface area contributed by atoms with E-state index in [9.17, 15) is 0 Å². The summed E-state index contributed by atoms with van der Waals surface area (Å²) >= 11 is 0. The van der Waals surface area contributed by atoms with Crippen LogP contribution in [0.2, 0.25) is 0 Å². The van der Waals surface area contributed by atoms with E-state index in [2.05, 4.69) is 17.6 Å². The van der Waals surface area contributed by atoms with Crippen LogP contribution in [0.5, 0.6) is 0 Å². The quantitative estimate of drug-likeness (QED) is 0.500. The molecule has 0 radical (unpaired) electrons. The van der Waals surface area contributed by atoms with Crippen LogP contribution in [0.4, 0.5) is 0 Å². The van der Waals surface area contributed by atoms with Crippen molar-refractivity contribution in [1.82, 2.24) is 10.6 Å². The van der Waals surface area contributed by atoms with Crippen molar-refractivity contribution >= 4 is 0 Å². The molecule has 0 spiro atoms. The normalized spacial score (nSPS) is 19.0. The second-order valence-electron chi connectivity index (χ2n) is 4.75. The van der Waals surface area contributed by atoms with E-state index in [0.29, 0.717) is 0 Å². The van der Waals surface area contributed by atoms with Crippen LogP contribution in [0.15, 0.2) is 0 Å². The van der Waals surface area contributed by atoms with E-state index >= 15 is 0 Å². The number of hydrogen-bond donors (Lipinski definition) is 2. The summed E-state index contributed by atoms with van der Waals surface area (Å²) in [6.07, 6.45) is 10.3. The lowest BCUT2D eigenvalue weighted by molar-refractivity contribution is 0.414. The minimum absolute atomic E-state index is 1.01. The summed E-state index contributed by atoms with van der Waals surface area (Å²) in [6, 6.07) is 0. The zero-order chi connectivity index (χ0) is 10.8. The van der Waals surface area contributed by atoms with Crippen molar-refractivity contribution < 1.29 is 0 Å². The van der Waals surface area contributed by atoms with Gasteiger partial charge in [0.15, 0.2) is 0 Å². The Morgan fingerprint density at radius 2 is 1.53 bits per heavy atom. The molecule has 1 rings (SSSR count). The Morgan fingerprint density at radius 3 is 2.20 bits per heavy atom. The Hall–Kier alpha value is -0.0800. The van der Waals surface area contributed by atoms with Crippen molar-refractivity contribution in [3.8, 4) is 0 Å². The minimum Gasteiger partial charge on any atom is -0.316 e. The third-order valence-electron chi connectivity index (χ3n) is 3.43. The molecule has 0 aromatic carbocycles. The van der Waals surface area contributed by atoms with E-state index < -0.39 is 0 Å². The van der Waals surface area contributed by atoms with E-state index in [1.165, 1.54) is 51.5 Å². The molecule has 0 heterocycles. The van der Waals surface area contributed by atoms with Crippen molar-refractivity contribution in [1.29, 1.82) is 0 Å². The topological polar surface area (TPSA) is 24.1 Å². The smallest absolute Gasteiger partial charge is 0.00767 e. The van der Waals surface area contributed by atoms with Crippen molar-refractivity contribution in [3.63, 3.8) is 0 Å². The van der Waals surface area contributed by atoms with E-state index in [0.717, 1.165) is 25.6 Å². The molecule has 2 N–H and O–H groups in total. The first-order valence-corrected chi connectivity index (χ1v) is 6.85. The SMILES string of the molecule is CCNCCNCCC1CCCCCC1. The van der Waals surface area contributed by atoms with Gasteiger partial charge in [0.2, 0.25) is 0 Å². The van der Waals surface area contributed by atoms with E-state index in [1.807, 2.05) is 0 Å². The first kappa shape index (κ1) is 13.0. The zero-order valence-electron chi connectivity index (χ0n) is 10.4. The van der Waals surface area contributed by atoms with Gasteiger partial charge < -0.3 is 10.6 Å². The molecule has 0 bridgehead atoms. The second-order valence-corrected chi connectivity index (χ2v) is 4.75. The van der Waals surface area contributed by atoms with Gasteiger partial charge in [0, 0.05) is 13.1 Å². The van der Waals surface area contributed by atoms with Crippen molar-refractivity contribution in [2.75, 3.05) is 26.2 Å². The highest BCUT2D eigenvalue weighted by molar-refractivity contribution is 4.66. The van der Waals surface area contributed by atoms with Gasteiger partial charge in [-0.05, 0) is 25.4 Å². The Bertz CT molecular complexity index is 128. The molecule has 0 aliphatic heterocycles. The van der Waals surface area contributed by atoms with E-state index in [-0.39, 0.29) is 0 Å². The highest BCUT2D eigenvalue weighted by atomic mass is 14.9. The molecule has 90 valence electrons. The van der Waals surface area contributed by atoms with Crippen LogP contribution in [-0.4, -0.2) is 26.2 Å². The van der Waals surface area contributed by atoms with Crippen LogP contribution in [0.25, 0.3) is 0 Å². The number of rotatable bonds is 7. The standard InChI is InChI=1S/C13H28N2/c1-2-14-11-12-15-10-9-13-7-5-3-4-6-8-13/h13-15H,2-12H2,1H3. The fourth-order valence-corrected chi connectivity index (χ4v) is 2.44. The number of hydrogen-bond acceptors (Lipinski definition) is 2.